The molecule has 0 unspecified atom stereocenters. The van der Waals surface area contributed by atoms with Crippen molar-refractivity contribution in [1.29, 1.82) is 0 Å². The molecule has 33 heavy (non-hydrogen) atoms. The number of rotatable bonds is 6. The first-order valence-electron chi connectivity index (χ1n) is 10.5. The van der Waals surface area contributed by atoms with Crippen LogP contribution in [0, 0.1) is 0 Å². The molecule has 8 nitrogen and oxygen atoms in total. The quantitative estimate of drug-likeness (QED) is 0.564. The zero-order valence-corrected chi connectivity index (χ0v) is 18.3. The maximum absolute atomic E-state index is 12.8. The Morgan fingerprint density at radius 3 is 2.45 bits per heavy atom. The van der Waals surface area contributed by atoms with Crippen molar-refractivity contribution in [2.24, 2.45) is 0 Å². The molecule has 1 aromatic carbocycles. The molecule has 178 valence electrons. The molecule has 2 aliphatic heterocycles. The minimum absolute atomic E-state index is 0.190. The molecule has 1 saturated carbocycles. The van der Waals surface area contributed by atoms with Crippen LogP contribution in [0.25, 0.3) is 0 Å². The lowest BCUT2D eigenvalue weighted by Crippen LogP contribution is -2.72. The third-order valence-electron chi connectivity index (χ3n) is 6.24. The van der Waals surface area contributed by atoms with Crippen LogP contribution < -0.4 is 10.1 Å². The molecule has 1 aliphatic carbocycles. The monoisotopic (exact) mass is 484 g/mol. The molecule has 3 heterocycles. The van der Waals surface area contributed by atoms with E-state index in [1.54, 1.807) is 4.90 Å². The fraction of sp³-hybridized carbons (Fsp3) is 0.476. The van der Waals surface area contributed by atoms with Crippen LogP contribution in [0.15, 0.2) is 30.6 Å². The molecule has 1 aromatic heterocycles. The molecule has 3 N–H and O–H groups in total. The average Bonchev–Trinajstić information content (AvgIpc) is 3.54. The second-order valence-electron chi connectivity index (χ2n) is 8.90. The van der Waals surface area contributed by atoms with Gasteiger partial charge in [-0.2, -0.15) is 10.6 Å². The fourth-order valence-corrected chi connectivity index (χ4v) is 6.71. The summed E-state index contributed by atoms with van der Waals surface area (Å²) in [5, 5.41) is 2.96. The number of carbonyl (C=O) groups excluding carboxylic acids is 1. The number of nitrogens with one attached hydrogen (secondary N) is 1. The Kier molecular flexibility index (Phi) is 5.22. The highest BCUT2D eigenvalue weighted by Crippen LogP contribution is 2.60. The standard InChI is InChI=1S/C21H23F3N4O4S/c22-21(23,24)32-17-6-13(5-15(7-17)14-1-2-14)8-25-19-26-9-16(10-27-19)18(29)28-4-3-20(28)11-33(30,31)12-20/h5-7,9-10,14,30-31H,1-4,8,11-12H2,(H,25,26,27). The molecule has 0 bridgehead atoms. The molecule has 0 radical (unpaired) electrons. The highest BCUT2D eigenvalue weighted by molar-refractivity contribution is 8.25. The first kappa shape index (κ1) is 22.2. The van der Waals surface area contributed by atoms with Gasteiger partial charge in [-0.05, 0) is 48.4 Å². The van der Waals surface area contributed by atoms with E-state index in [-0.39, 0.29) is 41.6 Å². The van der Waals surface area contributed by atoms with Crippen LogP contribution in [0.3, 0.4) is 0 Å². The number of benzene rings is 1. The van der Waals surface area contributed by atoms with Crippen molar-refractivity contribution >= 4 is 22.4 Å². The number of hydrogen-bond acceptors (Lipinski definition) is 7. The van der Waals surface area contributed by atoms with Crippen LogP contribution in [0.4, 0.5) is 19.1 Å². The molecule has 12 heteroatoms. The van der Waals surface area contributed by atoms with Gasteiger partial charge in [-0.1, -0.05) is 6.07 Å². The molecule has 2 saturated heterocycles. The zero-order valence-electron chi connectivity index (χ0n) is 17.5. The van der Waals surface area contributed by atoms with Gasteiger partial charge >= 0.3 is 6.36 Å². The number of nitrogens with zero attached hydrogens (tertiary/aromatic N) is 3. The third-order valence-corrected chi connectivity index (χ3v) is 8.24. The topological polar surface area (TPSA) is 108 Å². The van der Waals surface area contributed by atoms with Crippen molar-refractivity contribution in [3.63, 3.8) is 0 Å². The van der Waals surface area contributed by atoms with E-state index in [1.807, 2.05) is 6.07 Å². The van der Waals surface area contributed by atoms with Crippen molar-refractivity contribution < 1.29 is 31.8 Å². The number of hydrogen-bond donors (Lipinski definition) is 3. The lowest BCUT2D eigenvalue weighted by molar-refractivity contribution is -0.274. The summed E-state index contributed by atoms with van der Waals surface area (Å²) in [6, 6.07) is 4.60. The molecular weight excluding hydrogens is 461 g/mol. The Morgan fingerprint density at radius 1 is 1.21 bits per heavy atom. The van der Waals surface area contributed by atoms with Gasteiger partial charge in [-0.25, -0.2) is 9.97 Å². The van der Waals surface area contributed by atoms with Crippen LogP contribution in [0.5, 0.6) is 5.75 Å². The fourth-order valence-electron chi connectivity index (χ4n) is 4.48. The van der Waals surface area contributed by atoms with Crippen LogP contribution in [-0.4, -0.2) is 59.8 Å². The number of likely N-dealkylation sites (tertiary alicyclic amines) is 1. The van der Waals surface area contributed by atoms with Crippen molar-refractivity contribution in [3.05, 3.63) is 47.3 Å². The van der Waals surface area contributed by atoms with Crippen molar-refractivity contribution in [2.45, 2.75) is 43.6 Å². The molecular formula is C21H23F3N4O4S. The second-order valence-corrected chi connectivity index (χ2v) is 11.1. The average molecular weight is 485 g/mol. The van der Waals surface area contributed by atoms with Gasteiger partial charge in [0.05, 0.1) is 22.6 Å². The van der Waals surface area contributed by atoms with Crippen molar-refractivity contribution in [3.8, 4) is 5.75 Å². The third kappa shape index (κ3) is 4.73. The minimum Gasteiger partial charge on any atom is -0.406 e. The van der Waals surface area contributed by atoms with Gasteiger partial charge in [0.15, 0.2) is 0 Å². The predicted molar refractivity (Wildman–Crippen MR) is 115 cm³/mol. The maximum atomic E-state index is 12.8. The summed E-state index contributed by atoms with van der Waals surface area (Å²) in [6.07, 6.45) is 0.647. The highest BCUT2D eigenvalue weighted by atomic mass is 32.3. The van der Waals surface area contributed by atoms with Gasteiger partial charge < -0.3 is 15.0 Å². The molecule has 1 spiro atoms. The molecule has 5 rings (SSSR count). The Balaban J connectivity index is 1.23. The van der Waals surface area contributed by atoms with E-state index in [0.717, 1.165) is 24.8 Å². The van der Waals surface area contributed by atoms with E-state index < -0.39 is 22.5 Å². The molecule has 1 amide bonds. The Bertz CT molecular complexity index is 1070. The van der Waals surface area contributed by atoms with Crippen LogP contribution >= 0.6 is 10.6 Å². The summed E-state index contributed by atoms with van der Waals surface area (Å²) in [6.45, 7) is 0.739. The van der Waals surface area contributed by atoms with E-state index in [1.165, 1.54) is 24.5 Å². The number of amides is 1. The smallest absolute Gasteiger partial charge is 0.406 e. The summed E-state index contributed by atoms with van der Waals surface area (Å²) >= 11 is 0. The van der Waals surface area contributed by atoms with Crippen LogP contribution in [-0.2, 0) is 6.54 Å². The maximum Gasteiger partial charge on any atom is 0.573 e. The first-order chi connectivity index (χ1) is 15.5. The zero-order chi connectivity index (χ0) is 23.4. The summed E-state index contributed by atoms with van der Waals surface area (Å²) in [5.74, 6) is 0.414. The summed E-state index contributed by atoms with van der Waals surface area (Å²) in [4.78, 5) is 22.7. The molecule has 3 fully saturated rings. The Labute approximate surface area is 189 Å². The van der Waals surface area contributed by atoms with E-state index in [9.17, 15) is 27.1 Å². The predicted octanol–water partition coefficient (Wildman–Crippen LogP) is 4.21. The SMILES string of the molecule is O=C(c1cnc(NCc2cc(OC(F)(F)F)cc(C3CC3)c2)nc1)N1CCC12CS(O)(O)C2. The van der Waals surface area contributed by atoms with Gasteiger partial charge in [0.25, 0.3) is 5.91 Å². The van der Waals surface area contributed by atoms with E-state index in [0.29, 0.717) is 17.7 Å². The van der Waals surface area contributed by atoms with E-state index in [4.69, 9.17) is 0 Å². The number of anilines is 1. The van der Waals surface area contributed by atoms with Gasteiger partial charge in [0, 0.05) is 25.5 Å². The van der Waals surface area contributed by atoms with Crippen molar-refractivity contribution in [1.82, 2.24) is 14.9 Å². The van der Waals surface area contributed by atoms with Gasteiger partial charge in [0.2, 0.25) is 5.95 Å². The first-order valence-corrected chi connectivity index (χ1v) is 12.4. The number of halogens is 3. The minimum atomic E-state index is -4.76. The van der Waals surface area contributed by atoms with Gasteiger partial charge in [-0.3, -0.25) is 13.9 Å². The molecule has 2 aromatic rings. The molecule has 3 aliphatic rings. The number of carbonyl (C=O) groups is 1. The van der Waals surface area contributed by atoms with E-state index in [2.05, 4.69) is 20.0 Å². The van der Waals surface area contributed by atoms with Crippen LogP contribution in [0.2, 0.25) is 0 Å². The lowest BCUT2D eigenvalue weighted by Gasteiger charge is -2.65. The lowest BCUT2D eigenvalue weighted by atomic mass is 9.87. The van der Waals surface area contributed by atoms with Crippen molar-refractivity contribution in [2.75, 3.05) is 23.4 Å². The number of alkyl halides is 3. The largest absolute Gasteiger partial charge is 0.573 e. The number of ether oxygens (including phenoxy) is 1. The summed E-state index contributed by atoms with van der Waals surface area (Å²) in [5.41, 5.74) is 1.25. The summed E-state index contributed by atoms with van der Waals surface area (Å²) in [7, 11) is -2.56. The van der Waals surface area contributed by atoms with E-state index >= 15 is 0 Å². The highest BCUT2D eigenvalue weighted by Gasteiger charge is 2.59. The summed E-state index contributed by atoms with van der Waals surface area (Å²) < 4.78 is 61.5. The van der Waals surface area contributed by atoms with Gasteiger partial charge in [0.1, 0.15) is 5.75 Å². The molecule has 0 atom stereocenters. The van der Waals surface area contributed by atoms with Gasteiger partial charge in [-0.15, -0.1) is 13.2 Å². The van der Waals surface area contributed by atoms with Crippen LogP contribution in [0.1, 0.15) is 46.7 Å². The normalized spacial score (nSPS) is 21.7. The second kappa shape index (κ2) is 7.74. The number of aromatic nitrogens is 2. The Hall–Kier alpha value is -2.57. The Morgan fingerprint density at radius 2 is 1.91 bits per heavy atom.